The summed E-state index contributed by atoms with van der Waals surface area (Å²) in [5.74, 6) is -0.942. The summed E-state index contributed by atoms with van der Waals surface area (Å²) in [5, 5.41) is 10.0. The van der Waals surface area contributed by atoms with Crippen LogP contribution in [0, 0.1) is 6.92 Å². The van der Waals surface area contributed by atoms with Crippen molar-refractivity contribution < 1.29 is 23.1 Å². The summed E-state index contributed by atoms with van der Waals surface area (Å²) in [6, 6.07) is 5.08. The molecule has 0 heterocycles. The first-order valence-electron chi connectivity index (χ1n) is 6.87. The molecule has 1 aromatic carbocycles. The van der Waals surface area contributed by atoms with Crippen LogP contribution in [0.5, 0.6) is 0 Å². The molecule has 0 spiro atoms. The highest BCUT2D eigenvalue weighted by Crippen LogP contribution is 2.21. The van der Waals surface area contributed by atoms with E-state index in [1.54, 1.807) is 12.1 Å². The van der Waals surface area contributed by atoms with Gasteiger partial charge < -0.3 is 9.84 Å². The lowest BCUT2D eigenvalue weighted by molar-refractivity contribution is -0.152. The molecule has 1 rings (SSSR count). The van der Waals surface area contributed by atoms with Crippen molar-refractivity contribution in [1.82, 2.24) is 4.31 Å². The SMILES string of the molecule is C=CCN([C@H](C=C)[C@H](O)C(=O)OC)S(=O)(=O)c1ccc(C)cc1. The second kappa shape index (κ2) is 8.05. The van der Waals surface area contributed by atoms with Gasteiger partial charge in [0.25, 0.3) is 0 Å². The molecular weight excluding hydrogens is 318 g/mol. The number of carbonyl (C=O) groups excluding carboxylic acids is 1. The number of esters is 1. The Bertz CT molecular complexity index is 666. The molecule has 0 aliphatic rings. The quantitative estimate of drug-likeness (QED) is 0.569. The van der Waals surface area contributed by atoms with Crippen molar-refractivity contribution in [1.29, 1.82) is 0 Å². The fourth-order valence-corrected chi connectivity index (χ4v) is 3.59. The first-order chi connectivity index (χ1) is 10.8. The largest absolute Gasteiger partial charge is 0.467 e. The number of aliphatic hydroxyl groups excluding tert-OH is 1. The number of aryl methyl sites for hydroxylation is 1. The average Bonchev–Trinajstić information content (AvgIpc) is 2.54. The van der Waals surface area contributed by atoms with Crippen molar-refractivity contribution in [3.8, 4) is 0 Å². The Balaban J connectivity index is 3.32. The van der Waals surface area contributed by atoms with Crippen LogP contribution in [0.3, 0.4) is 0 Å². The van der Waals surface area contributed by atoms with Gasteiger partial charge in [-0.25, -0.2) is 13.2 Å². The summed E-state index contributed by atoms with van der Waals surface area (Å²) >= 11 is 0. The highest BCUT2D eigenvalue weighted by atomic mass is 32.2. The van der Waals surface area contributed by atoms with Gasteiger partial charge in [0.2, 0.25) is 10.0 Å². The maximum atomic E-state index is 12.8. The number of aliphatic hydroxyl groups is 1. The number of ether oxygens (including phenoxy) is 1. The summed E-state index contributed by atoms with van der Waals surface area (Å²) in [6.45, 7) is 8.78. The molecule has 0 saturated carbocycles. The van der Waals surface area contributed by atoms with E-state index in [1.165, 1.54) is 24.3 Å². The number of methoxy groups -OCH3 is 1. The van der Waals surface area contributed by atoms with Crippen molar-refractivity contribution in [2.75, 3.05) is 13.7 Å². The highest BCUT2D eigenvalue weighted by Gasteiger charge is 2.36. The van der Waals surface area contributed by atoms with E-state index < -0.39 is 28.1 Å². The van der Waals surface area contributed by atoms with E-state index in [0.29, 0.717) is 0 Å². The van der Waals surface area contributed by atoms with E-state index in [1.807, 2.05) is 6.92 Å². The third-order valence-corrected chi connectivity index (χ3v) is 5.15. The molecule has 0 unspecified atom stereocenters. The van der Waals surface area contributed by atoms with Gasteiger partial charge in [-0.3, -0.25) is 0 Å². The molecule has 23 heavy (non-hydrogen) atoms. The monoisotopic (exact) mass is 339 g/mol. The van der Waals surface area contributed by atoms with Gasteiger partial charge in [-0.2, -0.15) is 4.31 Å². The number of hydrogen-bond donors (Lipinski definition) is 1. The second-order valence-corrected chi connectivity index (χ2v) is 6.76. The lowest BCUT2D eigenvalue weighted by Gasteiger charge is -2.30. The number of sulfonamides is 1. The Kier molecular flexibility index (Phi) is 6.68. The van der Waals surface area contributed by atoms with Gasteiger partial charge >= 0.3 is 5.97 Å². The van der Waals surface area contributed by atoms with E-state index in [2.05, 4.69) is 17.9 Å². The van der Waals surface area contributed by atoms with E-state index >= 15 is 0 Å². The summed E-state index contributed by atoms with van der Waals surface area (Å²) in [7, 11) is -2.85. The Morgan fingerprint density at radius 3 is 2.35 bits per heavy atom. The number of carbonyl (C=O) groups is 1. The maximum absolute atomic E-state index is 12.8. The summed E-state index contributed by atoms with van der Waals surface area (Å²) in [6.07, 6.45) is 0.876. The molecule has 0 bridgehead atoms. The Hall–Kier alpha value is -1.96. The minimum absolute atomic E-state index is 0.0499. The van der Waals surface area contributed by atoms with E-state index in [0.717, 1.165) is 17.0 Å². The van der Waals surface area contributed by atoms with Crippen LogP contribution in [0.15, 0.2) is 54.5 Å². The van der Waals surface area contributed by atoms with E-state index in [4.69, 9.17) is 0 Å². The van der Waals surface area contributed by atoms with Crippen LogP contribution < -0.4 is 0 Å². The molecule has 0 aliphatic carbocycles. The van der Waals surface area contributed by atoms with Gasteiger partial charge in [-0.15, -0.1) is 13.2 Å². The van der Waals surface area contributed by atoms with Crippen LogP contribution in [-0.2, 0) is 19.6 Å². The summed E-state index contributed by atoms with van der Waals surface area (Å²) < 4.78 is 31.1. The lowest BCUT2D eigenvalue weighted by atomic mass is 10.1. The summed E-state index contributed by atoms with van der Waals surface area (Å²) in [5.41, 5.74) is 0.911. The Morgan fingerprint density at radius 1 is 1.35 bits per heavy atom. The van der Waals surface area contributed by atoms with Crippen molar-refractivity contribution in [3.05, 3.63) is 55.1 Å². The maximum Gasteiger partial charge on any atom is 0.336 e. The molecule has 126 valence electrons. The van der Waals surface area contributed by atoms with Crippen LogP contribution in [0.25, 0.3) is 0 Å². The van der Waals surface area contributed by atoms with Crippen LogP contribution in [-0.4, -0.2) is 49.6 Å². The second-order valence-electron chi connectivity index (χ2n) is 4.87. The van der Waals surface area contributed by atoms with Gasteiger partial charge in [0, 0.05) is 6.54 Å². The third-order valence-electron chi connectivity index (χ3n) is 3.28. The first kappa shape index (κ1) is 19.1. The zero-order chi connectivity index (χ0) is 17.6. The van der Waals surface area contributed by atoms with Crippen LogP contribution in [0.1, 0.15) is 5.56 Å². The smallest absolute Gasteiger partial charge is 0.336 e. The number of hydrogen-bond acceptors (Lipinski definition) is 5. The first-order valence-corrected chi connectivity index (χ1v) is 8.31. The summed E-state index contributed by atoms with van der Waals surface area (Å²) in [4.78, 5) is 11.6. The van der Waals surface area contributed by atoms with Crippen LogP contribution >= 0.6 is 0 Å². The Labute approximate surface area is 136 Å². The predicted molar refractivity (Wildman–Crippen MR) is 87.3 cm³/mol. The standard InChI is InChI=1S/C16H21NO5S/c1-5-11-17(14(6-2)15(18)16(19)22-4)23(20,21)13-9-7-12(3)8-10-13/h5-10,14-15,18H,1-2,11H2,3-4H3/t14-,15+/m1/s1. The fourth-order valence-electron chi connectivity index (χ4n) is 2.02. The van der Waals surface area contributed by atoms with Crippen molar-refractivity contribution in [2.24, 2.45) is 0 Å². The van der Waals surface area contributed by atoms with Gasteiger partial charge in [-0.05, 0) is 19.1 Å². The van der Waals surface area contributed by atoms with Gasteiger partial charge in [0.15, 0.2) is 6.10 Å². The van der Waals surface area contributed by atoms with Crippen molar-refractivity contribution >= 4 is 16.0 Å². The molecule has 1 aromatic rings. The van der Waals surface area contributed by atoms with Crippen molar-refractivity contribution in [2.45, 2.75) is 24.0 Å². The van der Waals surface area contributed by atoms with Crippen LogP contribution in [0.4, 0.5) is 0 Å². The molecule has 0 fully saturated rings. The molecule has 0 radical (unpaired) electrons. The Morgan fingerprint density at radius 2 is 1.91 bits per heavy atom. The minimum atomic E-state index is -3.96. The molecule has 2 atom stereocenters. The predicted octanol–water partition coefficient (Wildman–Crippen LogP) is 1.26. The normalized spacial score (nSPS) is 14.1. The molecule has 7 heteroatoms. The number of benzene rings is 1. The topological polar surface area (TPSA) is 83.9 Å². The van der Waals surface area contributed by atoms with Crippen molar-refractivity contribution in [3.63, 3.8) is 0 Å². The molecule has 0 amide bonds. The number of rotatable bonds is 8. The zero-order valence-electron chi connectivity index (χ0n) is 13.2. The van der Waals surface area contributed by atoms with Gasteiger partial charge in [-0.1, -0.05) is 29.8 Å². The molecule has 1 N–H and O–H groups in total. The van der Waals surface area contributed by atoms with Crippen LogP contribution in [0.2, 0.25) is 0 Å². The highest BCUT2D eigenvalue weighted by molar-refractivity contribution is 7.89. The van der Waals surface area contributed by atoms with Gasteiger partial charge in [0.1, 0.15) is 0 Å². The molecule has 6 nitrogen and oxygen atoms in total. The molecular formula is C16H21NO5S. The lowest BCUT2D eigenvalue weighted by Crippen LogP contribution is -2.49. The molecule has 0 saturated heterocycles. The molecule has 0 aliphatic heterocycles. The van der Waals surface area contributed by atoms with E-state index in [9.17, 15) is 18.3 Å². The van der Waals surface area contributed by atoms with E-state index in [-0.39, 0.29) is 11.4 Å². The minimum Gasteiger partial charge on any atom is -0.467 e. The average molecular weight is 339 g/mol. The van der Waals surface area contributed by atoms with Gasteiger partial charge in [0.05, 0.1) is 18.0 Å². The zero-order valence-corrected chi connectivity index (χ0v) is 14.0. The fraction of sp³-hybridized carbons (Fsp3) is 0.312. The third kappa shape index (κ3) is 4.28. The number of nitrogens with zero attached hydrogens (tertiary/aromatic N) is 1. The molecule has 0 aromatic heterocycles.